The molecule has 2 aromatic carbocycles. The van der Waals surface area contributed by atoms with Crippen molar-refractivity contribution in [2.45, 2.75) is 33.7 Å². The molecule has 1 aliphatic rings. The van der Waals surface area contributed by atoms with Crippen LogP contribution in [0.3, 0.4) is 0 Å². The number of anilines is 1. The van der Waals surface area contributed by atoms with Crippen molar-refractivity contribution >= 4 is 17.5 Å². The highest BCUT2D eigenvalue weighted by Crippen LogP contribution is 2.32. The van der Waals surface area contributed by atoms with Crippen molar-refractivity contribution in [1.29, 1.82) is 0 Å². The van der Waals surface area contributed by atoms with Crippen molar-refractivity contribution in [2.75, 3.05) is 38.2 Å². The van der Waals surface area contributed by atoms with Gasteiger partial charge in [0, 0.05) is 36.1 Å². The fraction of sp³-hybridized carbons (Fsp3) is 0.370. The number of hydrogen-bond donors (Lipinski definition) is 2. The van der Waals surface area contributed by atoms with Gasteiger partial charge in [-0.3, -0.25) is 14.5 Å². The first-order valence-electron chi connectivity index (χ1n) is 12.3. The van der Waals surface area contributed by atoms with Crippen LogP contribution in [-0.2, 0) is 9.59 Å². The van der Waals surface area contributed by atoms with Crippen molar-refractivity contribution in [1.82, 2.24) is 20.0 Å². The molecule has 1 fully saturated rings. The van der Waals surface area contributed by atoms with E-state index in [2.05, 4.69) is 10.6 Å². The van der Waals surface area contributed by atoms with E-state index in [0.29, 0.717) is 43.5 Å². The summed E-state index contributed by atoms with van der Waals surface area (Å²) in [5.74, 6) is 0.859. The summed E-state index contributed by atoms with van der Waals surface area (Å²) in [5.41, 5.74) is 3.99. The zero-order valence-electron chi connectivity index (χ0n) is 21.2. The van der Waals surface area contributed by atoms with E-state index in [0.717, 1.165) is 22.6 Å². The Kier molecular flexibility index (Phi) is 7.90. The van der Waals surface area contributed by atoms with E-state index in [1.54, 1.807) is 18.2 Å². The highest BCUT2D eigenvalue weighted by molar-refractivity contribution is 5.93. The highest BCUT2D eigenvalue weighted by atomic mass is 16.5. The number of nitrogens with zero attached hydrogens (tertiary/aromatic N) is 3. The van der Waals surface area contributed by atoms with Gasteiger partial charge in [0.25, 0.3) is 0 Å². The van der Waals surface area contributed by atoms with Crippen LogP contribution in [-0.4, -0.2) is 59.3 Å². The summed E-state index contributed by atoms with van der Waals surface area (Å²) in [4.78, 5) is 28.0. The number of benzene rings is 2. The first-order valence-corrected chi connectivity index (χ1v) is 12.3. The molecular formula is C27H33N5O4. The predicted octanol–water partition coefficient (Wildman–Crippen LogP) is 3.40. The fourth-order valence-corrected chi connectivity index (χ4v) is 4.58. The van der Waals surface area contributed by atoms with Crippen LogP contribution < -0.4 is 20.1 Å². The maximum absolute atomic E-state index is 13.1. The Balaban J connectivity index is 1.55. The summed E-state index contributed by atoms with van der Waals surface area (Å²) < 4.78 is 13.1. The highest BCUT2D eigenvalue weighted by Gasteiger charge is 2.36. The quantitative estimate of drug-likeness (QED) is 0.476. The van der Waals surface area contributed by atoms with E-state index in [9.17, 15) is 9.59 Å². The first-order chi connectivity index (χ1) is 17.4. The lowest BCUT2D eigenvalue weighted by atomic mass is 10.00. The summed E-state index contributed by atoms with van der Waals surface area (Å²) >= 11 is 0. The molecule has 0 spiro atoms. The average molecular weight is 492 g/mol. The van der Waals surface area contributed by atoms with E-state index in [1.165, 1.54) is 0 Å². The minimum Gasteiger partial charge on any atom is -0.490 e. The number of carbonyl (C=O) groups is 2. The summed E-state index contributed by atoms with van der Waals surface area (Å²) in [6.07, 6.45) is 0. The summed E-state index contributed by atoms with van der Waals surface area (Å²) in [5, 5.41) is 10.6. The van der Waals surface area contributed by atoms with Gasteiger partial charge in [-0.25, -0.2) is 4.68 Å². The van der Waals surface area contributed by atoms with Crippen LogP contribution in [0, 0.1) is 13.8 Å². The Bertz CT molecular complexity index is 1220. The molecular weight excluding hydrogens is 458 g/mol. The number of piperazine rings is 1. The molecule has 0 saturated carbocycles. The van der Waals surface area contributed by atoms with Gasteiger partial charge in [0.15, 0.2) is 11.5 Å². The molecule has 0 bridgehead atoms. The third-order valence-electron chi connectivity index (χ3n) is 6.11. The molecule has 2 N–H and O–H groups in total. The maximum atomic E-state index is 13.1. The summed E-state index contributed by atoms with van der Waals surface area (Å²) in [6.45, 7) is 9.74. The molecule has 1 unspecified atom stereocenters. The molecule has 2 heterocycles. The number of amides is 2. The Morgan fingerprint density at radius 1 is 1.08 bits per heavy atom. The molecule has 1 saturated heterocycles. The number of ether oxygens (including phenoxy) is 2. The minimum absolute atomic E-state index is 0.0602. The second kappa shape index (κ2) is 11.3. The van der Waals surface area contributed by atoms with Gasteiger partial charge in [-0.15, -0.1) is 0 Å². The van der Waals surface area contributed by atoms with Crippen LogP contribution in [0.25, 0.3) is 5.69 Å². The number of rotatable bonds is 9. The van der Waals surface area contributed by atoms with Gasteiger partial charge in [-0.2, -0.15) is 5.10 Å². The Labute approximate surface area is 211 Å². The predicted molar refractivity (Wildman–Crippen MR) is 138 cm³/mol. The smallest absolute Gasteiger partial charge is 0.242 e. The zero-order chi connectivity index (χ0) is 25.7. The SMILES string of the molecule is CCOc1ccc(NC(=O)CN2CCNC(=O)C2c2c(C)nn(-c3ccccc3)c2C)cc1OCC. The number of carbonyl (C=O) groups excluding carboxylic acids is 2. The lowest BCUT2D eigenvalue weighted by Gasteiger charge is -2.34. The van der Waals surface area contributed by atoms with E-state index >= 15 is 0 Å². The van der Waals surface area contributed by atoms with Gasteiger partial charge < -0.3 is 20.1 Å². The van der Waals surface area contributed by atoms with Crippen molar-refractivity contribution in [3.05, 3.63) is 65.5 Å². The molecule has 1 aliphatic heterocycles. The number of aryl methyl sites for hydroxylation is 1. The van der Waals surface area contributed by atoms with Crippen molar-refractivity contribution in [3.8, 4) is 17.2 Å². The number of hydrogen-bond acceptors (Lipinski definition) is 6. The Hall–Kier alpha value is -3.85. The molecule has 4 rings (SSSR count). The van der Waals surface area contributed by atoms with Crippen LogP contribution in [0.1, 0.15) is 36.8 Å². The number of nitrogens with one attached hydrogen (secondary N) is 2. The molecule has 0 radical (unpaired) electrons. The van der Waals surface area contributed by atoms with E-state index in [1.807, 2.05) is 67.6 Å². The normalized spacial score (nSPS) is 15.9. The summed E-state index contributed by atoms with van der Waals surface area (Å²) in [7, 11) is 0. The third kappa shape index (κ3) is 5.36. The fourth-order valence-electron chi connectivity index (χ4n) is 4.58. The van der Waals surface area contributed by atoms with Gasteiger partial charge >= 0.3 is 0 Å². The van der Waals surface area contributed by atoms with Gasteiger partial charge in [-0.1, -0.05) is 18.2 Å². The van der Waals surface area contributed by atoms with Crippen LogP contribution in [0.5, 0.6) is 11.5 Å². The van der Waals surface area contributed by atoms with Crippen LogP contribution in [0.2, 0.25) is 0 Å². The second-order valence-corrected chi connectivity index (χ2v) is 8.57. The molecule has 0 aliphatic carbocycles. The largest absolute Gasteiger partial charge is 0.490 e. The molecule has 190 valence electrons. The topological polar surface area (TPSA) is 97.7 Å². The van der Waals surface area contributed by atoms with E-state index < -0.39 is 6.04 Å². The molecule has 2 amide bonds. The standard InChI is InChI=1S/C27H33N5O4/c1-5-35-22-13-12-20(16-23(22)36-6-2)29-24(33)17-31-15-14-28-27(34)26(31)25-18(3)30-32(19(25)4)21-10-8-7-9-11-21/h7-13,16,26H,5-6,14-15,17H2,1-4H3,(H,28,34)(H,29,33). The molecule has 9 heteroatoms. The third-order valence-corrected chi connectivity index (χ3v) is 6.11. The molecule has 9 nitrogen and oxygen atoms in total. The Morgan fingerprint density at radius 3 is 2.53 bits per heavy atom. The minimum atomic E-state index is -0.610. The Morgan fingerprint density at radius 2 is 1.81 bits per heavy atom. The molecule has 1 aromatic heterocycles. The van der Waals surface area contributed by atoms with Crippen molar-refractivity contribution in [2.24, 2.45) is 0 Å². The van der Waals surface area contributed by atoms with Gasteiger partial charge in [0.1, 0.15) is 6.04 Å². The summed E-state index contributed by atoms with van der Waals surface area (Å²) in [6, 6.07) is 14.5. The van der Waals surface area contributed by atoms with Crippen LogP contribution in [0.15, 0.2) is 48.5 Å². The van der Waals surface area contributed by atoms with Crippen LogP contribution in [0.4, 0.5) is 5.69 Å². The van der Waals surface area contributed by atoms with Gasteiger partial charge in [0.05, 0.1) is 31.1 Å². The maximum Gasteiger partial charge on any atom is 0.242 e. The second-order valence-electron chi connectivity index (χ2n) is 8.57. The number of aromatic nitrogens is 2. The molecule has 36 heavy (non-hydrogen) atoms. The lowest BCUT2D eigenvalue weighted by Crippen LogP contribution is -2.52. The average Bonchev–Trinajstić information content (AvgIpc) is 3.15. The van der Waals surface area contributed by atoms with Gasteiger partial charge in [0.2, 0.25) is 11.8 Å². The monoisotopic (exact) mass is 491 g/mol. The zero-order valence-corrected chi connectivity index (χ0v) is 21.2. The van der Waals surface area contributed by atoms with E-state index in [-0.39, 0.29) is 18.4 Å². The lowest BCUT2D eigenvalue weighted by molar-refractivity contribution is -0.130. The van der Waals surface area contributed by atoms with Gasteiger partial charge in [-0.05, 0) is 52.0 Å². The molecule has 1 atom stereocenters. The van der Waals surface area contributed by atoms with Crippen molar-refractivity contribution < 1.29 is 19.1 Å². The first kappa shape index (κ1) is 25.2. The van der Waals surface area contributed by atoms with Crippen LogP contribution >= 0.6 is 0 Å². The number of para-hydroxylation sites is 1. The van der Waals surface area contributed by atoms with E-state index in [4.69, 9.17) is 14.6 Å². The molecule has 3 aromatic rings. The van der Waals surface area contributed by atoms with Crippen molar-refractivity contribution in [3.63, 3.8) is 0 Å².